The Labute approximate surface area is 144 Å². The van der Waals surface area contributed by atoms with E-state index in [1.54, 1.807) is 19.1 Å². The maximum atomic E-state index is 11.9. The van der Waals surface area contributed by atoms with E-state index in [4.69, 9.17) is 9.47 Å². The van der Waals surface area contributed by atoms with Gasteiger partial charge >= 0.3 is 11.9 Å². The zero-order valence-corrected chi connectivity index (χ0v) is 14.4. The van der Waals surface area contributed by atoms with Crippen molar-refractivity contribution in [3.63, 3.8) is 0 Å². The van der Waals surface area contributed by atoms with Crippen molar-refractivity contribution in [3.05, 3.63) is 46.5 Å². The lowest BCUT2D eigenvalue weighted by Gasteiger charge is -2.16. The van der Waals surface area contributed by atoms with Gasteiger partial charge in [0.2, 0.25) is 5.91 Å². The first-order valence-corrected chi connectivity index (χ1v) is 8.55. The monoisotopic (exact) mass is 349 g/mol. The number of esters is 2. The van der Waals surface area contributed by atoms with Crippen LogP contribution in [0.4, 0.5) is 0 Å². The largest absolute Gasteiger partial charge is 0.463 e. The average molecular weight is 349 g/mol. The molecule has 1 fully saturated rings. The molecule has 0 aromatic heterocycles. The van der Waals surface area contributed by atoms with E-state index in [9.17, 15) is 14.4 Å². The van der Waals surface area contributed by atoms with Gasteiger partial charge in [0, 0.05) is 0 Å². The molecule has 0 N–H and O–H groups in total. The molecule has 1 amide bonds. The zero-order chi connectivity index (χ0) is 17.5. The third-order valence-corrected chi connectivity index (χ3v) is 4.30. The van der Waals surface area contributed by atoms with Gasteiger partial charge in [-0.3, -0.25) is 4.79 Å². The van der Waals surface area contributed by atoms with Crippen molar-refractivity contribution in [1.29, 1.82) is 0 Å². The number of thioether (sulfide) groups is 1. The number of rotatable bonds is 6. The number of amides is 1. The summed E-state index contributed by atoms with van der Waals surface area (Å²) in [5.41, 5.74) is 1.52. The Bertz CT molecular complexity index is 653. The van der Waals surface area contributed by atoms with Gasteiger partial charge in [0.1, 0.15) is 6.61 Å². The van der Waals surface area contributed by atoms with E-state index in [0.717, 1.165) is 5.56 Å². The fourth-order valence-electron chi connectivity index (χ4n) is 2.06. The van der Waals surface area contributed by atoms with E-state index in [-0.39, 0.29) is 31.4 Å². The van der Waals surface area contributed by atoms with E-state index < -0.39 is 11.9 Å². The van der Waals surface area contributed by atoms with E-state index in [1.165, 1.54) is 22.7 Å². The highest BCUT2D eigenvalue weighted by molar-refractivity contribution is 8.04. The molecule has 24 heavy (non-hydrogen) atoms. The number of carbonyl (C=O) groups excluding carboxylic acids is 3. The number of ether oxygens (including phenoxy) is 2. The maximum absolute atomic E-state index is 11.9. The Hall–Kier alpha value is -2.28. The van der Waals surface area contributed by atoms with Gasteiger partial charge in [-0.1, -0.05) is 29.5 Å². The van der Waals surface area contributed by atoms with Crippen LogP contribution in [0.5, 0.6) is 0 Å². The lowest BCUT2D eigenvalue weighted by atomic mass is 10.1. The second-order valence-corrected chi connectivity index (χ2v) is 6.07. The van der Waals surface area contributed by atoms with Crippen LogP contribution in [0.25, 0.3) is 0 Å². The summed E-state index contributed by atoms with van der Waals surface area (Å²) >= 11 is 1.27. The van der Waals surface area contributed by atoms with Crippen LogP contribution in [-0.4, -0.2) is 48.3 Å². The molecule has 128 valence electrons. The predicted octanol–water partition coefficient (Wildman–Crippen LogP) is 2.13. The van der Waals surface area contributed by atoms with Gasteiger partial charge in [0.25, 0.3) is 0 Å². The summed E-state index contributed by atoms with van der Waals surface area (Å²) in [6, 6.07) is 7.05. The quantitative estimate of drug-likeness (QED) is 0.579. The highest BCUT2D eigenvalue weighted by Crippen LogP contribution is 2.28. The van der Waals surface area contributed by atoms with E-state index >= 15 is 0 Å². The average Bonchev–Trinajstić information content (AvgIpc) is 2.88. The number of hydrogen-bond donors (Lipinski definition) is 0. The molecule has 1 aromatic carbocycles. The minimum absolute atomic E-state index is 0.0547. The summed E-state index contributed by atoms with van der Waals surface area (Å²) in [7, 11) is 0. The van der Waals surface area contributed by atoms with Crippen LogP contribution in [0.1, 0.15) is 22.8 Å². The predicted molar refractivity (Wildman–Crippen MR) is 90.3 cm³/mol. The van der Waals surface area contributed by atoms with E-state index in [2.05, 4.69) is 0 Å². The minimum atomic E-state index is -0.489. The molecule has 1 aliphatic rings. The molecular formula is C17H19NO5S. The molecule has 0 radical (unpaired) electrons. The second kappa shape index (κ2) is 8.54. The maximum Gasteiger partial charge on any atom is 0.338 e. The molecule has 0 aliphatic carbocycles. The molecular weight excluding hydrogens is 330 g/mol. The number of benzene rings is 1. The van der Waals surface area contributed by atoms with Crippen molar-refractivity contribution in [2.75, 3.05) is 25.5 Å². The van der Waals surface area contributed by atoms with E-state index in [1.807, 2.05) is 19.1 Å². The summed E-state index contributed by atoms with van der Waals surface area (Å²) in [5, 5.41) is 0.518. The van der Waals surface area contributed by atoms with Gasteiger partial charge in [-0.25, -0.2) is 9.59 Å². The molecule has 0 atom stereocenters. The van der Waals surface area contributed by atoms with Gasteiger partial charge in [-0.15, -0.1) is 0 Å². The molecule has 0 spiro atoms. The van der Waals surface area contributed by atoms with Crippen molar-refractivity contribution >= 4 is 29.6 Å². The van der Waals surface area contributed by atoms with Crippen molar-refractivity contribution in [2.24, 2.45) is 0 Å². The van der Waals surface area contributed by atoms with Crippen molar-refractivity contribution in [3.8, 4) is 0 Å². The Balaban J connectivity index is 1.89. The molecule has 2 rings (SSSR count). The number of nitrogens with zero attached hydrogens (tertiary/aromatic N) is 1. The molecule has 1 saturated heterocycles. The van der Waals surface area contributed by atoms with Crippen molar-refractivity contribution in [2.45, 2.75) is 13.8 Å². The third-order valence-electron chi connectivity index (χ3n) is 3.27. The first-order chi connectivity index (χ1) is 11.5. The number of hydrogen-bond acceptors (Lipinski definition) is 6. The van der Waals surface area contributed by atoms with E-state index in [0.29, 0.717) is 10.6 Å². The van der Waals surface area contributed by atoms with Gasteiger partial charge in [0.05, 0.1) is 35.6 Å². The standard InChI is InChI=1S/C17H19NO5S/c1-3-22-16(20)10-15-18(14(19)11-24-15)8-9-23-17(21)13-6-4-12(2)5-7-13/h4-7,10H,3,8-9,11H2,1-2H3/b15-10+. The fraction of sp³-hybridized carbons (Fsp3) is 0.353. The summed E-state index contributed by atoms with van der Waals surface area (Å²) in [5.74, 6) is -0.791. The lowest BCUT2D eigenvalue weighted by molar-refractivity contribution is -0.137. The second-order valence-electron chi connectivity index (χ2n) is 5.07. The summed E-state index contributed by atoms with van der Waals surface area (Å²) in [4.78, 5) is 36.8. The van der Waals surface area contributed by atoms with Crippen LogP contribution in [0, 0.1) is 6.92 Å². The molecule has 1 aliphatic heterocycles. The smallest absolute Gasteiger partial charge is 0.338 e. The van der Waals surface area contributed by atoms with Crippen LogP contribution < -0.4 is 0 Å². The fourth-order valence-corrected chi connectivity index (χ4v) is 3.01. The van der Waals surface area contributed by atoms with Crippen molar-refractivity contribution < 1.29 is 23.9 Å². The number of aryl methyl sites for hydroxylation is 1. The SMILES string of the molecule is CCOC(=O)/C=C1/SCC(=O)N1CCOC(=O)c1ccc(C)cc1. The Morgan fingerprint density at radius 2 is 1.96 bits per heavy atom. The van der Waals surface area contributed by atoms with Crippen LogP contribution in [0.3, 0.4) is 0 Å². The molecule has 7 heteroatoms. The Kier molecular flexibility index (Phi) is 6.43. The van der Waals surface area contributed by atoms with Gasteiger partial charge in [0.15, 0.2) is 0 Å². The van der Waals surface area contributed by atoms with Gasteiger partial charge < -0.3 is 14.4 Å². The summed E-state index contributed by atoms with van der Waals surface area (Å²) in [6.45, 7) is 4.18. The molecule has 0 bridgehead atoms. The summed E-state index contributed by atoms with van der Waals surface area (Å²) < 4.78 is 10.0. The normalized spacial score (nSPS) is 15.7. The molecule has 1 heterocycles. The van der Waals surface area contributed by atoms with Crippen LogP contribution >= 0.6 is 11.8 Å². The molecule has 0 unspecified atom stereocenters. The summed E-state index contributed by atoms with van der Waals surface area (Å²) in [6.07, 6.45) is 1.29. The van der Waals surface area contributed by atoms with Crippen LogP contribution in [0.2, 0.25) is 0 Å². The highest BCUT2D eigenvalue weighted by atomic mass is 32.2. The lowest BCUT2D eigenvalue weighted by Crippen LogP contribution is -2.29. The highest BCUT2D eigenvalue weighted by Gasteiger charge is 2.27. The zero-order valence-electron chi connectivity index (χ0n) is 13.6. The van der Waals surface area contributed by atoms with Crippen molar-refractivity contribution in [1.82, 2.24) is 4.90 Å². The molecule has 0 saturated carbocycles. The molecule has 1 aromatic rings. The third kappa shape index (κ3) is 4.86. The molecule has 6 nitrogen and oxygen atoms in total. The van der Waals surface area contributed by atoms with Crippen LogP contribution in [0.15, 0.2) is 35.4 Å². The first kappa shape index (κ1) is 18.1. The first-order valence-electron chi connectivity index (χ1n) is 7.56. The van der Waals surface area contributed by atoms with Gasteiger partial charge in [-0.05, 0) is 26.0 Å². The topological polar surface area (TPSA) is 72.9 Å². The Morgan fingerprint density at radius 3 is 2.62 bits per heavy atom. The number of carbonyl (C=O) groups is 3. The minimum Gasteiger partial charge on any atom is -0.463 e. The van der Waals surface area contributed by atoms with Crippen LogP contribution in [-0.2, 0) is 19.1 Å². The Morgan fingerprint density at radius 1 is 1.25 bits per heavy atom. The van der Waals surface area contributed by atoms with Gasteiger partial charge in [-0.2, -0.15) is 0 Å².